The van der Waals surface area contributed by atoms with E-state index in [0.717, 1.165) is 5.75 Å². The molecule has 1 saturated carbocycles. The summed E-state index contributed by atoms with van der Waals surface area (Å²) >= 11 is -0.879. The third-order valence-electron chi connectivity index (χ3n) is 2.33. The molecule has 1 nitrogen and oxygen atoms in total. The molecule has 2 heteroatoms. The average Bonchev–Trinajstić information content (AvgIpc) is 2.06. The molecule has 68 valence electrons. The van der Waals surface area contributed by atoms with Gasteiger partial charge in [-0.25, -0.2) is 0 Å². The molecule has 0 N–H and O–H groups in total. The lowest BCUT2D eigenvalue weighted by Crippen LogP contribution is -2.17. The molecule has 12 heavy (non-hydrogen) atoms. The van der Waals surface area contributed by atoms with E-state index in [1.165, 1.54) is 32.1 Å². The van der Waals surface area contributed by atoms with Crippen molar-refractivity contribution in [2.75, 3.05) is 5.75 Å². The summed E-state index contributed by atoms with van der Waals surface area (Å²) in [6, 6.07) is 0. The lowest BCUT2D eigenvalue weighted by atomic mass is 9.91. The van der Waals surface area contributed by atoms with Gasteiger partial charge >= 0.3 is 0 Å². The molecule has 0 spiro atoms. The summed E-state index contributed by atoms with van der Waals surface area (Å²) in [6.07, 6.45) is 6.53. The minimum Gasteiger partial charge on any atom is -0.604 e. The molecule has 1 aliphatic carbocycles. The highest BCUT2D eigenvalue weighted by Crippen LogP contribution is 2.24. The van der Waals surface area contributed by atoms with Crippen LogP contribution in [0.2, 0.25) is 0 Å². The van der Waals surface area contributed by atoms with Gasteiger partial charge in [-0.15, -0.1) is 0 Å². The van der Waals surface area contributed by atoms with Crippen molar-refractivity contribution in [2.45, 2.75) is 39.0 Å². The molecular weight excluding hydrogens is 168 g/mol. The first-order valence-electron chi connectivity index (χ1n) is 4.63. The van der Waals surface area contributed by atoms with E-state index in [9.17, 15) is 4.55 Å². The third-order valence-corrected chi connectivity index (χ3v) is 3.53. The zero-order chi connectivity index (χ0) is 8.81. The van der Waals surface area contributed by atoms with Gasteiger partial charge in [-0.1, -0.05) is 19.3 Å². The van der Waals surface area contributed by atoms with E-state index >= 15 is 0 Å². The van der Waals surface area contributed by atoms with Crippen LogP contribution in [-0.2, 0) is 11.2 Å². The molecular formula is C10H16OS. The van der Waals surface area contributed by atoms with Crippen LogP contribution in [0.25, 0.3) is 0 Å². The highest BCUT2D eigenvalue weighted by atomic mass is 32.2. The van der Waals surface area contributed by atoms with Crippen molar-refractivity contribution in [3.63, 3.8) is 0 Å². The zero-order valence-electron chi connectivity index (χ0n) is 7.64. The molecule has 0 aromatic heterocycles. The molecule has 0 bridgehead atoms. The van der Waals surface area contributed by atoms with Gasteiger partial charge in [0.15, 0.2) is 0 Å². The SMILES string of the molecule is CC#C[S+]([O-])CC1CCCCC1. The first-order valence-corrected chi connectivity index (χ1v) is 5.95. The van der Waals surface area contributed by atoms with Gasteiger partial charge in [0, 0.05) is 24.0 Å². The van der Waals surface area contributed by atoms with Gasteiger partial charge in [0.1, 0.15) is 11.0 Å². The molecule has 0 radical (unpaired) electrons. The summed E-state index contributed by atoms with van der Waals surface area (Å²) < 4.78 is 11.2. The van der Waals surface area contributed by atoms with Gasteiger partial charge in [0.25, 0.3) is 0 Å². The summed E-state index contributed by atoms with van der Waals surface area (Å²) in [5.74, 6) is 4.19. The van der Waals surface area contributed by atoms with Crippen LogP contribution < -0.4 is 0 Å². The Morgan fingerprint density at radius 3 is 2.58 bits per heavy atom. The van der Waals surface area contributed by atoms with E-state index in [2.05, 4.69) is 11.2 Å². The van der Waals surface area contributed by atoms with E-state index in [0.29, 0.717) is 5.92 Å². The molecule has 1 unspecified atom stereocenters. The van der Waals surface area contributed by atoms with E-state index in [1.54, 1.807) is 6.92 Å². The highest BCUT2D eigenvalue weighted by molar-refractivity contribution is 7.96. The highest BCUT2D eigenvalue weighted by Gasteiger charge is 2.18. The lowest BCUT2D eigenvalue weighted by Gasteiger charge is -2.20. The standard InChI is InChI=1S/C10H16OS/c1-2-8-12(11)9-10-6-4-3-5-7-10/h10H,3-7,9H2,1H3. The Labute approximate surface area is 78.1 Å². The van der Waals surface area contributed by atoms with Gasteiger partial charge < -0.3 is 4.55 Å². The van der Waals surface area contributed by atoms with Crippen molar-refractivity contribution in [1.29, 1.82) is 0 Å². The molecule has 1 fully saturated rings. The average molecular weight is 184 g/mol. The Hall–Kier alpha value is -0.130. The number of hydrogen-bond acceptors (Lipinski definition) is 1. The van der Waals surface area contributed by atoms with Crippen molar-refractivity contribution in [1.82, 2.24) is 0 Å². The third kappa shape index (κ3) is 3.51. The van der Waals surface area contributed by atoms with Crippen molar-refractivity contribution in [3.8, 4) is 11.2 Å². The maximum Gasteiger partial charge on any atom is 0.149 e. The smallest absolute Gasteiger partial charge is 0.149 e. The fraction of sp³-hybridized carbons (Fsp3) is 0.800. The first kappa shape index (κ1) is 9.95. The summed E-state index contributed by atoms with van der Waals surface area (Å²) in [7, 11) is 0. The monoisotopic (exact) mass is 184 g/mol. The van der Waals surface area contributed by atoms with Crippen molar-refractivity contribution in [2.24, 2.45) is 5.92 Å². The van der Waals surface area contributed by atoms with E-state index < -0.39 is 11.2 Å². The Balaban J connectivity index is 2.22. The zero-order valence-corrected chi connectivity index (χ0v) is 8.45. The quantitative estimate of drug-likeness (QED) is 0.477. The van der Waals surface area contributed by atoms with Crippen LogP contribution in [-0.4, -0.2) is 10.3 Å². The summed E-state index contributed by atoms with van der Waals surface area (Å²) in [5.41, 5.74) is 0. The van der Waals surface area contributed by atoms with Crippen LogP contribution in [0, 0.1) is 17.1 Å². The fourth-order valence-electron chi connectivity index (χ4n) is 1.72. The van der Waals surface area contributed by atoms with Crippen LogP contribution in [0.3, 0.4) is 0 Å². The van der Waals surface area contributed by atoms with Gasteiger partial charge in [-0.05, 0) is 18.8 Å². The van der Waals surface area contributed by atoms with E-state index in [-0.39, 0.29) is 0 Å². The molecule has 1 aliphatic rings. The molecule has 0 aromatic rings. The van der Waals surface area contributed by atoms with Gasteiger partial charge in [0.2, 0.25) is 0 Å². The number of hydrogen-bond donors (Lipinski definition) is 0. The van der Waals surface area contributed by atoms with E-state index in [4.69, 9.17) is 0 Å². The molecule has 0 aromatic carbocycles. The molecule has 1 atom stereocenters. The topological polar surface area (TPSA) is 23.1 Å². The Morgan fingerprint density at radius 2 is 2.00 bits per heavy atom. The second-order valence-electron chi connectivity index (χ2n) is 3.37. The van der Waals surface area contributed by atoms with Gasteiger partial charge in [-0.2, -0.15) is 0 Å². The normalized spacial score (nSPS) is 21.2. The Kier molecular flexibility index (Phi) is 4.57. The van der Waals surface area contributed by atoms with Crippen LogP contribution in [0.4, 0.5) is 0 Å². The van der Waals surface area contributed by atoms with Gasteiger partial charge in [0.05, 0.1) is 0 Å². The second kappa shape index (κ2) is 5.50. The maximum absolute atomic E-state index is 11.2. The molecule has 0 aliphatic heterocycles. The summed E-state index contributed by atoms with van der Waals surface area (Å²) in [5, 5.41) is 2.71. The molecule has 0 saturated heterocycles. The van der Waals surface area contributed by atoms with Crippen molar-refractivity contribution in [3.05, 3.63) is 0 Å². The summed E-state index contributed by atoms with van der Waals surface area (Å²) in [4.78, 5) is 0. The summed E-state index contributed by atoms with van der Waals surface area (Å²) in [6.45, 7) is 1.75. The first-order chi connectivity index (χ1) is 5.83. The predicted octanol–water partition coefficient (Wildman–Crippen LogP) is 2.30. The Morgan fingerprint density at radius 1 is 1.33 bits per heavy atom. The minimum absolute atomic E-state index is 0.681. The molecule has 0 amide bonds. The van der Waals surface area contributed by atoms with Crippen LogP contribution in [0.1, 0.15) is 39.0 Å². The Bertz CT molecular complexity index is 174. The van der Waals surface area contributed by atoms with Crippen LogP contribution in [0.5, 0.6) is 0 Å². The fourth-order valence-corrected chi connectivity index (χ4v) is 2.80. The van der Waals surface area contributed by atoms with Gasteiger partial charge in [-0.3, -0.25) is 0 Å². The minimum atomic E-state index is -0.879. The predicted molar refractivity (Wildman–Crippen MR) is 53.0 cm³/mol. The number of rotatable bonds is 2. The van der Waals surface area contributed by atoms with Crippen molar-refractivity contribution < 1.29 is 4.55 Å². The van der Waals surface area contributed by atoms with Crippen LogP contribution >= 0.6 is 0 Å². The molecule has 1 rings (SSSR count). The van der Waals surface area contributed by atoms with Crippen molar-refractivity contribution >= 4 is 11.2 Å². The maximum atomic E-state index is 11.2. The van der Waals surface area contributed by atoms with E-state index in [1.807, 2.05) is 0 Å². The second-order valence-corrected chi connectivity index (χ2v) is 4.60. The largest absolute Gasteiger partial charge is 0.604 e. The molecule has 0 heterocycles. The van der Waals surface area contributed by atoms with Crippen LogP contribution in [0.15, 0.2) is 0 Å². The lowest BCUT2D eigenvalue weighted by molar-refractivity contribution is 0.386.